The van der Waals surface area contributed by atoms with Gasteiger partial charge in [0.05, 0.1) is 5.69 Å². The molecular weight excluding hydrogens is 404 g/mol. The summed E-state index contributed by atoms with van der Waals surface area (Å²) in [7, 11) is -2.07. The van der Waals surface area contributed by atoms with Crippen LogP contribution in [0.15, 0.2) is 76.3 Å². The van der Waals surface area contributed by atoms with Gasteiger partial charge in [0.1, 0.15) is 4.21 Å². The van der Waals surface area contributed by atoms with E-state index >= 15 is 0 Å². The second-order valence-electron chi connectivity index (χ2n) is 6.85. The topological polar surface area (TPSA) is 66.5 Å². The third kappa shape index (κ3) is 5.25. The Morgan fingerprint density at radius 2 is 1.72 bits per heavy atom. The average molecular weight is 429 g/mol. The van der Waals surface area contributed by atoms with Crippen LogP contribution in [0.1, 0.15) is 29.3 Å². The van der Waals surface area contributed by atoms with Gasteiger partial charge in [-0.2, -0.15) is 0 Å². The summed E-state index contributed by atoms with van der Waals surface area (Å²) in [5, 5.41) is 4.73. The van der Waals surface area contributed by atoms with E-state index in [-0.39, 0.29) is 16.2 Å². The molecule has 0 aliphatic rings. The zero-order valence-electron chi connectivity index (χ0n) is 16.4. The van der Waals surface area contributed by atoms with E-state index in [1.54, 1.807) is 41.8 Å². The predicted octanol–water partition coefficient (Wildman–Crippen LogP) is 4.32. The van der Waals surface area contributed by atoms with Crippen LogP contribution in [0.2, 0.25) is 0 Å². The first kappa shape index (κ1) is 21.1. The van der Waals surface area contributed by atoms with E-state index in [2.05, 4.69) is 17.4 Å². The van der Waals surface area contributed by atoms with Crippen LogP contribution in [0.5, 0.6) is 0 Å². The van der Waals surface area contributed by atoms with Crippen LogP contribution in [-0.2, 0) is 16.4 Å². The van der Waals surface area contributed by atoms with Gasteiger partial charge in [-0.15, -0.1) is 11.3 Å². The molecule has 3 aromatic rings. The Bertz CT molecular complexity index is 1030. The Kier molecular flexibility index (Phi) is 6.71. The molecule has 1 aromatic heterocycles. The first-order valence-electron chi connectivity index (χ1n) is 9.35. The van der Waals surface area contributed by atoms with E-state index in [0.717, 1.165) is 12.8 Å². The molecule has 1 N–H and O–H groups in total. The highest BCUT2D eigenvalue weighted by Crippen LogP contribution is 2.25. The number of benzene rings is 2. The zero-order valence-corrected chi connectivity index (χ0v) is 18.0. The van der Waals surface area contributed by atoms with Crippen molar-refractivity contribution < 1.29 is 13.2 Å². The molecule has 1 heterocycles. The van der Waals surface area contributed by atoms with E-state index in [9.17, 15) is 13.2 Å². The lowest BCUT2D eigenvalue weighted by Gasteiger charge is -2.19. The fraction of sp³-hybridized carbons (Fsp3) is 0.227. The highest BCUT2D eigenvalue weighted by molar-refractivity contribution is 7.94. The van der Waals surface area contributed by atoms with Crippen LogP contribution < -0.4 is 9.62 Å². The summed E-state index contributed by atoms with van der Waals surface area (Å²) in [5.74, 6) is -0.166. The quantitative estimate of drug-likeness (QED) is 0.581. The Morgan fingerprint density at radius 1 is 1.03 bits per heavy atom. The number of carbonyl (C=O) groups excluding carboxylic acids is 1. The van der Waals surface area contributed by atoms with Crippen LogP contribution in [0.25, 0.3) is 0 Å². The van der Waals surface area contributed by atoms with Crippen LogP contribution in [0.3, 0.4) is 0 Å². The number of thiophene rings is 1. The van der Waals surface area contributed by atoms with Gasteiger partial charge in [-0.1, -0.05) is 36.4 Å². The van der Waals surface area contributed by atoms with Gasteiger partial charge in [0.2, 0.25) is 0 Å². The fourth-order valence-electron chi connectivity index (χ4n) is 2.91. The van der Waals surface area contributed by atoms with Crippen molar-refractivity contribution in [1.29, 1.82) is 0 Å². The maximum Gasteiger partial charge on any atom is 0.273 e. The molecule has 0 spiro atoms. The normalized spacial score (nSPS) is 12.3. The molecule has 0 fully saturated rings. The van der Waals surface area contributed by atoms with E-state index in [0.29, 0.717) is 11.3 Å². The molecule has 29 heavy (non-hydrogen) atoms. The van der Waals surface area contributed by atoms with Crippen LogP contribution >= 0.6 is 11.3 Å². The van der Waals surface area contributed by atoms with E-state index in [1.807, 2.05) is 25.1 Å². The smallest absolute Gasteiger partial charge is 0.273 e. The molecule has 0 bridgehead atoms. The van der Waals surface area contributed by atoms with Gasteiger partial charge in [-0.3, -0.25) is 9.10 Å². The summed E-state index contributed by atoms with van der Waals surface area (Å²) in [4.78, 5) is 12.5. The van der Waals surface area contributed by atoms with Gasteiger partial charge in [0, 0.05) is 18.7 Å². The summed E-state index contributed by atoms with van der Waals surface area (Å²) >= 11 is 1.18. The number of rotatable bonds is 8. The second-order valence-corrected chi connectivity index (χ2v) is 9.99. The van der Waals surface area contributed by atoms with Crippen molar-refractivity contribution in [2.75, 3.05) is 11.4 Å². The monoisotopic (exact) mass is 428 g/mol. The lowest BCUT2D eigenvalue weighted by Crippen LogP contribution is -2.33. The van der Waals surface area contributed by atoms with Crippen molar-refractivity contribution in [3.8, 4) is 0 Å². The molecule has 7 heteroatoms. The standard InChI is InChI=1S/C22H24N2O3S2/c1-17(10-11-18-7-4-3-5-8-18)23-22(25)19-12-14-20(15-13-19)24(2)29(26,27)21-9-6-16-28-21/h3-9,12-17H,10-11H2,1-2H3,(H,23,25)/t17-/m0/s1. The van der Waals surface area contributed by atoms with Crippen LogP contribution in [0, 0.1) is 0 Å². The molecule has 3 rings (SSSR count). The highest BCUT2D eigenvalue weighted by Gasteiger charge is 2.22. The Morgan fingerprint density at radius 3 is 2.34 bits per heavy atom. The Balaban J connectivity index is 1.60. The molecule has 0 aliphatic heterocycles. The first-order valence-corrected chi connectivity index (χ1v) is 11.7. The van der Waals surface area contributed by atoms with Crippen molar-refractivity contribution in [1.82, 2.24) is 5.32 Å². The molecule has 2 aromatic carbocycles. The van der Waals surface area contributed by atoms with Gasteiger partial charge < -0.3 is 5.32 Å². The summed E-state index contributed by atoms with van der Waals surface area (Å²) in [5.41, 5.74) is 2.25. The maximum atomic E-state index is 12.6. The largest absolute Gasteiger partial charge is 0.350 e. The lowest BCUT2D eigenvalue weighted by molar-refractivity contribution is 0.0938. The third-order valence-electron chi connectivity index (χ3n) is 4.69. The number of aryl methyl sites for hydroxylation is 1. The number of amides is 1. The van der Waals surface area contributed by atoms with E-state index < -0.39 is 10.0 Å². The number of hydrogen-bond donors (Lipinski definition) is 1. The molecule has 0 aliphatic carbocycles. The molecule has 152 valence electrons. The van der Waals surface area contributed by atoms with Gasteiger partial charge in [0.25, 0.3) is 15.9 Å². The predicted molar refractivity (Wildman–Crippen MR) is 118 cm³/mol. The molecular formula is C22H24N2O3S2. The SMILES string of the molecule is C[C@@H](CCc1ccccc1)NC(=O)c1ccc(N(C)S(=O)(=O)c2cccs2)cc1. The Labute approximate surface area is 176 Å². The molecule has 5 nitrogen and oxygen atoms in total. The van der Waals surface area contributed by atoms with E-state index in [4.69, 9.17) is 0 Å². The summed E-state index contributed by atoms with van der Waals surface area (Å²) in [6.07, 6.45) is 1.74. The summed E-state index contributed by atoms with van der Waals surface area (Å²) in [6.45, 7) is 1.98. The summed E-state index contributed by atoms with van der Waals surface area (Å²) in [6, 6.07) is 20.1. The maximum absolute atomic E-state index is 12.6. The Hall–Kier alpha value is -2.64. The molecule has 0 unspecified atom stereocenters. The summed E-state index contributed by atoms with van der Waals surface area (Å²) < 4.78 is 26.7. The van der Waals surface area contributed by atoms with Crippen molar-refractivity contribution in [2.45, 2.75) is 30.0 Å². The van der Waals surface area contributed by atoms with Crippen molar-refractivity contribution in [3.05, 3.63) is 83.2 Å². The number of nitrogens with one attached hydrogen (secondary N) is 1. The van der Waals surface area contributed by atoms with Gasteiger partial charge in [-0.25, -0.2) is 8.42 Å². The van der Waals surface area contributed by atoms with Crippen molar-refractivity contribution in [2.24, 2.45) is 0 Å². The minimum Gasteiger partial charge on any atom is -0.350 e. The first-order chi connectivity index (χ1) is 13.9. The molecule has 1 atom stereocenters. The zero-order chi connectivity index (χ0) is 20.9. The average Bonchev–Trinajstić information content (AvgIpc) is 3.28. The molecule has 0 saturated carbocycles. The number of carbonyl (C=O) groups is 1. The number of anilines is 1. The second kappa shape index (κ2) is 9.24. The fourth-order valence-corrected chi connectivity index (χ4v) is 5.27. The van der Waals surface area contributed by atoms with Gasteiger partial charge >= 0.3 is 0 Å². The van der Waals surface area contributed by atoms with Crippen molar-refractivity contribution >= 4 is 33.0 Å². The van der Waals surface area contributed by atoms with Crippen LogP contribution in [0.4, 0.5) is 5.69 Å². The molecule has 0 saturated heterocycles. The number of sulfonamides is 1. The molecule has 0 radical (unpaired) electrons. The van der Waals surface area contributed by atoms with Crippen LogP contribution in [-0.4, -0.2) is 27.4 Å². The van der Waals surface area contributed by atoms with Gasteiger partial charge in [-0.05, 0) is 61.0 Å². The van der Waals surface area contributed by atoms with Crippen molar-refractivity contribution in [3.63, 3.8) is 0 Å². The highest BCUT2D eigenvalue weighted by atomic mass is 32.2. The molecule has 1 amide bonds. The van der Waals surface area contributed by atoms with E-state index in [1.165, 1.54) is 28.3 Å². The minimum absolute atomic E-state index is 0.0317. The number of hydrogen-bond acceptors (Lipinski definition) is 4. The van der Waals surface area contributed by atoms with Gasteiger partial charge in [0.15, 0.2) is 0 Å². The minimum atomic E-state index is -3.58. The number of nitrogens with zero attached hydrogens (tertiary/aromatic N) is 1. The lowest BCUT2D eigenvalue weighted by atomic mass is 10.1. The third-order valence-corrected chi connectivity index (χ3v) is 7.85.